The average molecular weight is 390 g/mol. The highest BCUT2D eigenvalue weighted by Gasteiger charge is 2.31. The molecule has 3 rings (SSSR count). The molecular formula is C19H17F3N4O2. The fraction of sp³-hybridized carbons (Fsp3) is 0.211. The number of carbonyl (C=O) groups excluding carboxylic acids is 1. The fourth-order valence-corrected chi connectivity index (χ4v) is 2.92. The van der Waals surface area contributed by atoms with Crippen molar-refractivity contribution in [3.05, 3.63) is 53.7 Å². The Morgan fingerprint density at radius 3 is 2.46 bits per heavy atom. The first-order valence-electron chi connectivity index (χ1n) is 8.22. The monoisotopic (exact) mass is 390 g/mol. The number of aryl methyl sites for hydroxylation is 1. The molecule has 0 spiro atoms. The standard InChI is InChI=1S/C19H17F3N4O2/c1-23-18(17-15-9-4-12(11-27)10-16(15)26(3)24-17)25(2)13-5-7-14(8-6-13)28-19(20,21)22/h4-11H,1-3H3. The zero-order valence-corrected chi connectivity index (χ0v) is 15.4. The number of aldehydes is 1. The van der Waals surface area contributed by atoms with Gasteiger partial charge < -0.3 is 9.64 Å². The zero-order valence-electron chi connectivity index (χ0n) is 15.4. The van der Waals surface area contributed by atoms with Gasteiger partial charge in [0.2, 0.25) is 0 Å². The van der Waals surface area contributed by atoms with E-state index in [1.165, 1.54) is 24.3 Å². The highest BCUT2D eigenvalue weighted by atomic mass is 19.4. The first-order chi connectivity index (χ1) is 13.2. The summed E-state index contributed by atoms with van der Waals surface area (Å²) in [6, 6.07) is 10.7. The Morgan fingerprint density at radius 1 is 1.21 bits per heavy atom. The van der Waals surface area contributed by atoms with Crippen molar-refractivity contribution < 1.29 is 22.7 Å². The van der Waals surface area contributed by atoms with Crippen LogP contribution in [0.2, 0.25) is 0 Å². The van der Waals surface area contributed by atoms with E-state index in [-0.39, 0.29) is 5.75 Å². The Hall–Kier alpha value is -3.36. The van der Waals surface area contributed by atoms with Crippen molar-refractivity contribution in [2.45, 2.75) is 6.36 Å². The van der Waals surface area contributed by atoms with E-state index >= 15 is 0 Å². The maximum Gasteiger partial charge on any atom is 0.573 e. The maximum atomic E-state index is 12.3. The summed E-state index contributed by atoms with van der Waals surface area (Å²) >= 11 is 0. The van der Waals surface area contributed by atoms with E-state index < -0.39 is 6.36 Å². The van der Waals surface area contributed by atoms with Crippen LogP contribution < -0.4 is 9.64 Å². The second kappa shape index (κ2) is 7.34. The smallest absolute Gasteiger partial charge is 0.406 e. The number of aromatic nitrogens is 2. The Kier molecular flexibility index (Phi) is 5.08. The number of amidine groups is 1. The molecule has 1 heterocycles. The van der Waals surface area contributed by atoms with Crippen LogP contribution in [0.15, 0.2) is 47.5 Å². The number of benzene rings is 2. The Morgan fingerprint density at radius 2 is 1.89 bits per heavy atom. The van der Waals surface area contributed by atoms with Gasteiger partial charge in [-0.05, 0) is 36.4 Å². The lowest BCUT2D eigenvalue weighted by molar-refractivity contribution is -0.274. The number of nitrogens with zero attached hydrogens (tertiary/aromatic N) is 4. The number of carbonyl (C=O) groups is 1. The molecule has 6 nitrogen and oxygen atoms in total. The van der Waals surface area contributed by atoms with Crippen LogP contribution in [0.5, 0.6) is 5.75 Å². The molecule has 0 fully saturated rings. The van der Waals surface area contributed by atoms with Crippen molar-refractivity contribution in [1.82, 2.24) is 9.78 Å². The van der Waals surface area contributed by atoms with Crippen molar-refractivity contribution in [3.8, 4) is 5.75 Å². The van der Waals surface area contributed by atoms with E-state index in [1.807, 2.05) is 0 Å². The molecule has 0 N–H and O–H groups in total. The van der Waals surface area contributed by atoms with E-state index in [9.17, 15) is 18.0 Å². The van der Waals surface area contributed by atoms with Crippen molar-refractivity contribution >= 4 is 28.7 Å². The van der Waals surface area contributed by atoms with E-state index in [2.05, 4.69) is 14.8 Å². The van der Waals surface area contributed by atoms with Gasteiger partial charge in [-0.2, -0.15) is 5.10 Å². The number of halogens is 3. The third-order valence-corrected chi connectivity index (χ3v) is 4.21. The Labute approximate surface area is 158 Å². The summed E-state index contributed by atoms with van der Waals surface area (Å²) < 4.78 is 42.5. The summed E-state index contributed by atoms with van der Waals surface area (Å²) in [5, 5.41) is 5.31. The molecule has 0 amide bonds. The highest BCUT2D eigenvalue weighted by molar-refractivity contribution is 6.15. The average Bonchev–Trinajstić information content (AvgIpc) is 2.97. The van der Waals surface area contributed by atoms with Gasteiger partial charge in [-0.3, -0.25) is 14.5 Å². The summed E-state index contributed by atoms with van der Waals surface area (Å²) in [5.74, 6) is 0.221. The first kappa shape index (κ1) is 19.4. The van der Waals surface area contributed by atoms with E-state index in [0.29, 0.717) is 22.8 Å². The van der Waals surface area contributed by atoms with Crippen LogP contribution in [0.25, 0.3) is 10.9 Å². The third kappa shape index (κ3) is 3.83. The van der Waals surface area contributed by atoms with E-state index in [0.717, 1.165) is 17.2 Å². The summed E-state index contributed by atoms with van der Waals surface area (Å²) in [6.45, 7) is 0. The number of anilines is 1. The predicted octanol–water partition coefficient (Wildman–Crippen LogP) is 3.80. The maximum absolute atomic E-state index is 12.3. The molecule has 9 heteroatoms. The fourth-order valence-electron chi connectivity index (χ4n) is 2.92. The van der Waals surface area contributed by atoms with Gasteiger partial charge in [0.15, 0.2) is 5.84 Å². The summed E-state index contributed by atoms with van der Waals surface area (Å²) in [7, 11) is 5.10. The van der Waals surface area contributed by atoms with Gasteiger partial charge in [-0.15, -0.1) is 13.2 Å². The Bertz CT molecular complexity index is 1040. The molecule has 3 aromatic rings. The molecule has 0 saturated carbocycles. The molecule has 2 aromatic carbocycles. The quantitative estimate of drug-likeness (QED) is 0.386. The molecule has 0 bridgehead atoms. The van der Waals surface area contributed by atoms with Crippen LogP contribution >= 0.6 is 0 Å². The van der Waals surface area contributed by atoms with Gasteiger partial charge in [0.05, 0.1) is 5.52 Å². The van der Waals surface area contributed by atoms with Crippen LogP contribution in [0.4, 0.5) is 18.9 Å². The molecule has 28 heavy (non-hydrogen) atoms. The van der Waals surface area contributed by atoms with E-state index in [1.54, 1.807) is 48.9 Å². The molecule has 0 aliphatic carbocycles. The second-order valence-electron chi connectivity index (χ2n) is 6.01. The predicted molar refractivity (Wildman–Crippen MR) is 100 cm³/mol. The van der Waals surface area contributed by atoms with Gasteiger partial charge in [-0.1, -0.05) is 6.07 Å². The lowest BCUT2D eigenvalue weighted by Gasteiger charge is -2.20. The topological polar surface area (TPSA) is 59.7 Å². The molecule has 1 aromatic heterocycles. The van der Waals surface area contributed by atoms with Crippen molar-refractivity contribution in [2.75, 3.05) is 19.0 Å². The zero-order chi connectivity index (χ0) is 20.5. The summed E-state index contributed by atoms with van der Waals surface area (Å²) in [5.41, 5.74) is 2.50. The molecule has 0 aliphatic rings. The number of aliphatic imine (C=N–C) groups is 1. The van der Waals surface area contributed by atoms with Gasteiger partial charge in [-0.25, -0.2) is 0 Å². The first-order valence-corrected chi connectivity index (χ1v) is 8.22. The minimum atomic E-state index is -4.74. The molecule has 0 atom stereocenters. The number of fused-ring (bicyclic) bond motifs is 1. The molecular weight excluding hydrogens is 373 g/mol. The highest BCUT2D eigenvalue weighted by Crippen LogP contribution is 2.27. The SMILES string of the molecule is CN=C(c1nn(C)c2cc(C=O)ccc12)N(C)c1ccc(OC(F)(F)F)cc1. The van der Waals surface area contributed by atoms with Crippen molar-refractivity contribution in [3.63, 3.8) is 0 Å². The lowest BCUT2D eigenvalue weighted by atomic mass is 10.1. The van der Waals surface area contributed by atoms with Crippen LogP contribution in [-0.2, 0) is 7.05 Å². The second-order valence-corrected chi connectivity index (χ2v) is 6.01. The Balaban J connectivity index is 1.96. The number of rotatable bonds is 4. The molecule has 0 saturated heterocycles. The van der Waals surface area contributed by atoms with Gasteiger partial charge in [0.1, 0.15) is 17.7 Å². The van der Waals surface area contributed by atoms with Gasteiger partial charge >= 0.3 is 6.36 Å². The van der Waals surface area contributed by atoms with Crippen molar-refractivity contribution in [1.29, 1.82) is 0 Å². The van der Waals surface area contributed by atoms with Crippen molar-refractivity contribution in [2.24, 2.45) is 12.0 Å². The number of alkyl halides is 3. The van der Waals surface area contributed by atoms with Crippen LogP contribution in [0.1, 0.15) is 16.1 Å². The van der Waals surface area contributed by atoms with Gasteiger partial charge in [0.25, 0.3) is 0 Å². The van der Waals surface area contributed by atoms with E-state index in [4.69, 9.17) is 0 Å². The normalized spacial score (nSPS) is 12.3. The molecule has 0 unspecified atom stereocenters. The number of hydrogen-bond donors (Lipinski definition) is 0. The molecule has 0 aliphatic heterocycles. The largest absolute Gasteiger partial charge is 0.573 e. The van der Waals surface area contributed by atoms with Crippen LogP contribution in [0, 0.1) is 0 Å². The number of hydrogen-bond acceptors (Lipinski definition) is 4. The summed E-state index contributed by atoms with van der Waals surface area (Å²) in [4.78, 5) is 17.0. The molecule has 146 valence electrons. The van der Waals surface area contributed by atoms with Crippen LogP contribution in [0.3, 0.4) is 0 Å². The number of ether oxygens (including phenoxy) is 1. The summed E-state index contributed by atoms with van der Waals surface area (Å²) in [6.07, 6.45) is -3.98. The third-order valence-electron chi connectivity index (χ3n) is 4.21. The van der Waals surface area contributed by atoms with Crippen LogP contribution in [-0.4, -0.2) is 42.4 Å². The molecule has 0 radical (unpaired) electrons. The lowest BCUT2D eigenvalue weighted by Crippen LogP contribution is -2.28. The minimum Gasteiger partial charge on any atom is -0.406 e. The van der Waals surface area contributed by atoms with Gasteiger partial charge in [0, 0.05) is 37.8 Å². The minimum absolute atomic E-state index is 0.302.